The molecule has 0 spiro atoms. The van der Waals surface area contributed by atoms with Crippen LogP contribution in [0.1, 0.15) is 22.7 Å². The van der Waals surface area contributed by atoms with Crippen molar-refractivity contribution in [3.05, 3.63) is 68.4 Å². The second kappa shape index (κ2) is 5.39. The Morgan fingerprint density at radius 1 is 1.17 bits per heavy atom. The zero-order chi connectivity index (χ0) is 13.3. The van der Waals surface area contributed by atoms with Crippen LogP contribution >= 0.6 is 27.5 Å². The molecule has 4 heteroatoms. The molecule has 0 aliphatic rings. The van der Waals surface area contributed by atoms with Crippen LogP contribution in [0.4, 0.5) is 4.39 Å². The highest BCUT2D eigenvalue weighted by molar-refractivity contribution is 9.10. The Morgan fingerprint density at radius 2 is 1.78 bits per heavy atom. The lowest BCUT2D eigenvalue weighted by molar-refractivity contribution is 0.614. The fourth-order valence-corrected chi connectivity index (χ4v) is 2.21. The summed E-state index contributed by atoms with van der Waals surface area (Å²) < 4.78 is 14.3. The van der Waals surface area contributed by atoms with E-state index in [1.807, 2.05) is 18.2 Å². The zero-order valence-corrected chi connectivity index (χ0v) is 12.1. The van der Waals surface area contributed by atoms with Crippen LogP contribution in [0, 0.1) is 12.7 Å². The molecule has 2 rings (SSSR count). The van der Waals surface area contributed by atoms with Gasteiger partial charge in [0.05, 0.1) is 11.1 Å². The topological polar surface area (TPSA) is 26.0 Å². The number of benzene rings is 2. The molecule has 0 heterocycles. The summed E-state index contributed by atoms with van der Waals surface area (Å²) in [6.45, 7) is 1.73. The Bertz CT molecular complexity index is 535. The lowest BCUT2D eigenvalue weighted by Gasteiger charge is -2.14. The molecular formula is C14H12BrClFN. The third-order valence-electron chi connectivity index (χ3n) is 2.86. The number of halogens is 3. The van der Waals surface area contributed by atoms with E-state index in [2.05, 4.69) is 15.9 Å². The molecule has 1 atom stereocenters. The Balaban J connectivity index is 2.37. The first-order chi connectivity index (χ1) is 8.49. The highest BCUT2D eigenvalue weighted by atomic mass is 79.9. The van der Waals surface area contributed by atoms with E-state index in [9.17, 15) is 4.39 Å². The molecule has 0 saturated heterocycles. The van der Waals surface area contributed by atoms with Crippen LogP contribution in [-0.2, 0) is 0 Å². The molecule has 2 aromatic carbocycles. The van der Waals surface area contributed by atoms with Crippen molar-refractivity contribution in [1.82, 2.24) is 0 Å². The number of nitrogens with two attached hydrogens (primary N) is 1. The molecule has 1 unspecified atom stereocenters. The normalized spacial score (nSPS) is 12.5. The quantitative estimate of drug-likeness (QED) is 0.856. The summed E-state index contributed by atoms with van der Waals surface area (Å²) in [6.07, 6.45) is 0. The highest BCUT2D eigenvalue weighted by Crippen LogP contribution is 2.28. The van der Waals surface area contributed by atoms with E-state index in [-0.39, 0.29) is 11.9 Å². The number of rotatable bonds is 2. The first kappa shape index (κ1) is 13.5. The summed E-state index contributed by atoms with van der Waals surface area (Å²) in [6, 6.07) is 10.1. The molecule has 0 amide bonds. The van der Waals surface area contributed by atoms with Gasteiger partial charge in [-0.05, 0) is 57.7 Å². The molecule has 2 aromatic rings. The molecule has 18 heavy (non-hydrogen) atoms. The fraction of sp³-hybridized carbons (Fsp3) is 0.143. The third-order valence-corrected chi connectivity index (χ3v) is 4.07. The van der Waals surface area contributed by atoms with E-state index < -0.39 is 0 Å². The molecule has 94 valence electrons. The van der Waals surface area contributed by atoms with Gasteiger partial charge in [-0.25, -0.2) is 4.39 Å². The van der Waals surface area contributed by atoms with Crippen LogP contribution in [0.25, 0.3) is 0 Å². The minimum atomic E-state index is -0.367. The Labute approximate surface area is 119 Å². The van der Waals surface area contributed by atoms with Gasteiger partial charge in [0.25, 0.3) is 0 Å². The lowest BCUT2D eigenvalue weighted by Crippen LogP contribution is -2.12. The van der Waals surface area contributed by atoms with Crippen molar-refractivity contribution in [3.8, 4) is 0 Å². The minimum absolute atomic E-state index is 0.240. The van der Waals surface area contributed by atoms with Crippen molar-refractivity contribution in [2.45, 2.75) is 13.0 Å². The van der Waals surface area contributed by atoms with Gasteiger partial charge in [-0.15, -0.1) is 0 Å². The van der Waals surface area contributed by atoms with Crippen LogP contribution in [0.2, 0.25) is 5.02 Å². The van der Waals surface area contributed by atoms with Gasteiger partial charge in [0.1, 0.15) is 5.82 Å². The largest absolute Gasteiger partial charge is 0.320 e. The van der Waals surface area contributed by atoms with Crippen molar-refractivity contribution in [3.63, 3.8) is 0 Å². The Hall–Kier alpha value is -0.900. The number of hydrogen-bond donors (Lipinski definition) is 1. The van der Waals surface area contributed by atoms with Gasteiger partial charge in [-0.2, -0.15) is 0 Å². The van der Waals surface area contributed by atoms with E-state index in [0.29, 0.717) is 10.6 Å². The maximum absolute atomic E-state index is 13.5. The number of aryl methyl sites for hydroxylation is 1. The summed E-state index contributed by atoms with van der Waals surface area (Å²) in [7, 11) is 0. The molecule has 0 aromatic heterocycles. The van der Waals surface area contributed by atoms with Crippen molar-refractivity contribution < 1.29 is 4.39 Å². The zero-order valence-electron chi connectivity index (χ0n) is 9.75. The molecule has 0 radical (unpaired) electrons. The molecule has 0 fully saturated rings. The van der Waals surface area contributed by atoms with Crippen molar-refractivity contribution in [2.24, 2.45) is 5.73 Å². The highest BCUT2D eigenvalue weighted by Gasteiger charge is 2.12. The van der Waals surface area contributed by atoms with Crippen LogP contribution < -0.4 is 5.73 Å². The average molecular weight is 329 g/mol. The van der Waals surface area contributed by atoms with Crippen LogP contribution in [0.5, 0.6) is 0 Å². The first-order valence-electron chi connectivity index (χ1n) is 5.45. The Morgan fingerprint density at radius 3 is 2.39 bits per heavy atom. The third kappa shape index (κ3) is 2.74. The molecule has 0 aliphatic heterocycles. The maximum atomic E-state index is 13.5. The average Bonchev–Trinajstić information content (AvgIpc) is 2.35. The predicted molar refractivity (Wildman–Crippen MR) is 76.3 cm³/mol. The van der Waals surface area contributed by atoms with Gasteiger partial charge < -0.3 is 5.73 Å². The molecule has 0 bridgehead atoms. The maximum Gasteiger partial charge on any atom is 0.126 e. The summed E-state index contributed by atoms with van der Waals surface area (Å²) in [5.74, 6) is -0.240. The first-order valence-corrected chi connectivity index (χ1v) is 6.62. The molecule has 1 nitrogen and oxygen atoms in total. The minimum Gasteiger partial charge on any atom is -0.320 e. The van der Waals surface area contributed by atoms with E-state index in [0.717, 1.165) is 15.6 Å². The second-order valence-electron chi connectivity index (χ2n) is 4.16. The standard InChI is InChI=1S/C14H12BrClFN/c1-8-2-3-10(7-13(8)17)14(18)9-4-5-12(16)11(15)6-9/h2-7,14H,18H2,1H3. The fourth-order valence-electron chi connectivity index (χ4n) is 1.70. The lowest BCUT2D eigenvalue weighted by atomic mass is 9.98. The molecule has 0 saturated carbocycles. The van der Waals surface area contributed by atoms with Gasteiger partial charge in [0.2, 0.25) is 0 Å². The van der Waals surface area contributed by atoms with Gasteiger partial charge >= 0.3 is 0 Å². The van der Waals surface area contributed by atoms with Crippen molar-refractivity contribution in [1.29, 1.82) is 0 Å². The summed E-state index contributed by atoms with van der Waals surface area (Å²) in [5, 5.41) is 0.626. The molecule has 2 N–H and O–H groups in total. The number of hydrogen-bond acceptors (Lipinski definition) is 1. The van der Waals surface area contributed by atoms with Gasteiger partial charge in [0, 0.05) is 4.47 Å². The monoisotopic (exact) mass is 327 g/mol. The van der Waals surface area contributed by atoms with Crippen LogP contribution in [0.3, 0.4) is 0 Å². The van der Waals surface area contributed by atoms with Crippen LogP contribution in [-0.4, -0.2) is 0 Å². The van der Waals surface area contributed by atoms with E-state index >= 15 is 0 Å². The van der Waals surface area contributed by atoms with Crippen LogP contribution in [0.15, 0.2) is 40.9 Å². The van der Waals surface area contributed by atoms with Gasteiger partial charge in [-0.1, -0.05) is 29.8 Å². The smallest absolute Gasteiger partial charge is 0.126 e. The molecule has 0 aliphatic carbocycles. The van der Waals surface area contributed by atoms with E-state index in [1.54, 1.807) is 19.1 Å². The SMILES string of the molecule is Cc1ccc(C(N)c2ccc(Cl)c(Br)c2)cc1F. The van der Waals surface area contributed by atoms with Crippen molar-refractivity contribution >= 4 is 27.5 Å². The summed E-state index contributed by atoms with van der Waals surface area (Å²) in [5.41, 5.74) is 8.36. The second-order valence-corrected chi connectivity index (χ2v) is 5.42. The predicted octanol–water partition coefficient (Wildman–Crippen LogP) is 4.60. The van der Waals surface area contributed by atoms with Crippen molar-refractivity contribution in [2.75, 3.05) is 0 Å². The summed E-state index contributed by atoms with van der Waals surface area (Å²) >= 11 is 9.28. The molecular weight excluding hydrogens is 317 g/mol. The van der Waals surface area contributed by atoms with E-state index in [4.69, 9.17) is 17.3 Å². The summed E-state index contributed by atoms with van der Waals surface area (Å²) in [4.78, 5) is 0. The van der Waals surface area contributed by atoms with Gasteiger partial charge in [0.15, 0.2) is 0 Å². The van der Waals surface area contributed by atoms with E-state index in [1.165, 1.54) is 6.07 Å². The Kier molecular flexibility index (Phi) is 4.05. The van der Waals surface area contributed by atoms with Gasteiger partial charge in [-0.3, -0.25) is 0 Å².